The molecule has 0 aliphatic carbocycles. The second-order valence-electron chi connectivity index (χ2n) is 6.04. The van der Waals surface area contributed by atoms with Gasteiger partial charge in [0.25, 0.3) is 0 Å². The van der Waals surface area contributed by atoms with Crippen LogP contribution in [-0.4, -0.2) is 19.3 Å². The van der Waals surface area contributed by atoms with Gasteiger partial charge in [-0.3, -0.25) is 0 Å². The number of aromatic nitrogens is 4. The van der Waals surface area contributed by atoms with Gasteiger partial charge in [0.2, 0.25) is 0 Å². The number of nitrogens with zero attached hydrogens (tertiary/aromatic N) is 4. The molecular weight excluding hydrogens is 331 g/mol. The molecule has 3 aromatic rings. The maximum Gasteiger partial charge on any atom is 0.419 e. The largest absolute Gasteiger partial charge is 0.419 e. The minimum Gasteiger partial charge on any atom is -0.375 e. The third-order valence-electron chi connectivity index (χ3n) is 4.31. The Labute approximate surface area is 142 Å². The summed E-state index contributed by atoms with van der Waals surface area (Å²) >= 11 is 0. The van der Waals surface area contributed by atoms with E-state index < -0.39 is 11.7 Å². The van der Waals surface area contributed by atoms with Crippen LogP contribution in [0.5, 0.6) is 0 Å². The van der Waals surface area contributed by atoms with Gasteiger partial charge in [-0.05, 0) is 31.0 Å². The van der Waals surface area contributed by atoms with E-state index in [0.717, 1.165) is 43.3 Å². The lowest BCUT2D eigenvalue weighted by Gasteiger charge is -2.25. The molecule has 1 N–H and O–H groups in total. The SMILES string of the molecule is FC(F)(F)c1cnn(-c2cccc(NC3CCCn4ccnc43)c2)c1. The van der Waals surface area contributed by atoms with E-state index in [4.69, 9.17) is 0 Å². The van der Waals surface area contributed by atoms with E-state index in [1.165, 1.54) is 4.68 Å². The van der Waals surface area contributed by atoms with Crippen LogP contribution < -0.4 is 5.32 Å². The summed E-state index contributed by atoms with van der Waals surface area (Å²) in [5.41, 5.74) is 0.628. The van der Waals surface area contributed by atoms with Gasteiger partial charge in [-0.2, -0.15) is 18.3 Å². The van der Waals surface area contributed by atoms with Gasteiger partial charge in [0.15, 0.2) is 0 Å². The van der Waals surface area contributed by atoms with Crippen molar-refractivity contribution in [3.8, 4) is 5.69 Å². The van der Waals surface area contributed by atoms with Crippen molar-refractivity contribution in [1.29, 1.82) is 0 Å². The van der Waals surface area contributed by atoms with E-state index in [1.54, 1.807) is 24.4 Å². The predicted molar refractivity (Wildman–Crippen MR) is 86.4 cm³/mol. The second-order valence-corrected chi connectivity index (χ2v) is 6.04. The molecule has 130 valence electrons. The molecule has 0 saturated heterocycles. The summed E-state index contributed by atoms with van der Waals surface area (Å²) in [6.07, 6.45) is 3.18. The van der Waals surface area contributed by atoms with Crippen LogP contribution in [0.4, 0.5) is 18.9 Å². The molecule has 1 unspecified atom stereocenters. The highest BCUT2D eigenvalue weighted by Gasteiger charge is 2.32. The normalized spacial score (nSPS) is 17.3. The van der Waals surface area contributed by atoms with Crippen molar-refractivity contribution in [3.05, 3.63) is 60.4 Å². The molecule has 1 aromatic carbocycles. The Kier molecular flexibility index (Phi) is 3.74. The Balaban J connectivity index is 1.58. The molecule has 0 saturated carbocycles. The molecule has 1 aliphatic heterocycles. The number of nitrogens with one attached hydrogen (secondary N) is 1. The average molecular weight is 347 g/mol. The first kappa shape index (κ1) is 15.7. The monoisotopic (exact) mass is 347 g/mol. The Morgan fingerprint density at radius 2 is 2.12 bits per heavy atom. The number of aryl methyl sites for hydroxylation is 1. The van der Waals surface area contributed by atoms with Crippen LogP contribution in [0.1, 0.15) is 30.3 Å². The van der Waals surface area contributed by atoms with E-state index in [0.29, 0.717) is 5.69 Å². The number of rotatable bonds is 3. The molecule has 1 aliphatic rings. The zero-order chi connectivity index (χ0) is 17.4. The zero-order valence-corrected chi connectivity index (χ0v) is 13.2. The average Bonchev–Trinajstić information content (AvgIpc) is 3.25. The van der Waals surface area contributed by atoms with Gasteiger partial charge >= 0.3 is 6.18 Å². The Morgan fingerprint density at radius 3 is 2.92 bits per heavy atom. The van der Waals surface area contributed by atoms with Crippen molar-refractivity contribution < 1.29 is 13.2 Å². The number of alkyl halides is 3. The number of fused-ring (bicyclic) bond motifs is 1. The van der Waals surface area contributed by atoms with Gasteiger partial charge in [0.1, 0.15) is 5.82 Å². The first-order chi connectivity index (χ1) is 12.0. The van der Waals surface area contributed by atoms with Crippen LogP contribution in [0.3, 0.4) is 0 Å². The van der Waals surface area contributed by atoms with Crippen molar-refractivity contribution in [2.24, 2.45) is 0 Å². The Bertz CT molecular complexity index is 880. The molecule has 0 spiro atoms. The van der Waals surface area contributed by atoms with E-state index in [9.17, 15) is 13.2 Å². The number of imidazole rings is 1. The minimum atomic E-state index is -4.40. The lowest BCUT2D eigenvalue weighted by molar-refractivity contribution is -0.137. The summed E-state index contributed by atoms with van der Waals surface area (Å²) in [5, 5.41) is 7.24. The second kappa shape index (κ2) is 5.94. The summed E-state index contributed by atoms with van der Waals surface area (Å²) in [6.45, 7) is 0.959. The molecule has 5 nitrogen and oxygen atoms in total. The van der Waals surface area contributed by atoms with Gasteiger partial charge in [0, 0.05) is 30.8 Å². The predicted octanol–water partition coefficient (Wildman–Crippen LogP) is 4.03. The molecule has 0 amide bonds. The van der Waals surface area contributed by atoms with Gasteiger partial charge in [-0.25, -0.2) is 9.67 Å². The highest BCUT2D eigenvalue weighted by atomic mass is 19.4. The van der Waals surface area contributed by atoms with Crippen molar-refractivity contribution in [1.82, 2.24) is 19.3 Å². The molecule has 3 heterocycles. The Hall–Kier alpha value is -2.77. The van der Waals surface area contributed by atoms with Crippen molar-refractivity contribution >= 4 is 5.69 Å². The fourth-order valence-corrected chi connectivity index (χ4v) is 3.10. The number of anilines is 1. The van der Waals surface area contributed by atoms with Gasteiger partial charge < -0.3 is 9.88 Å². The lowest BCUT2D eigenvalue weighted by Crippen LogP contribution is -2.21. The Morgan fingerprint density at radius 1 is 1.24 bits per heavy atom. The van der Waals surface area contributed by atoms with E-state index in [-0.39, 0.29) is 6.04 Å². The number of benzene rings is 1. The van der Waals surface area contributed by atoms with Crippen molar-refractivity contribution in [2.45, 2.75) is 31.6 Å². The minimum absolute atomic E-state index is 0.0855. The van der Waals surface area contributed by atoms with Gasteiger partial charge in [0.05, 0.1) is 23.5 Å². The summed E-state index contributed by atoms with van der Waals surface area (Å²) in [4.78, 5) is 4.40. The maximum absolute atomic E-state index is 12.7. The highest BCUT2D eigenvalue weighted by Crippen LogP contribution is 2.30. The molecule has 2 aromatic heterocycles. The molecule has 0 fully saturated rings. The topological polar surface area (TPSA) is 47.7 Å². The summed E-state index contributed by atoms with van der Waals surface area (Å²) in [7, 11) is 0. The quantitative estimate of drug-likeness (QED) is 0.778. The maximum atomic E-state index is 12.7. The van der Waals surface area contributed by atoms with E-state index in [2.05, 4.69) is 20.0 Å². The first-order valence-corrected chi connectivity index (χ1v) is 8.00. The standard InChI is InChI=1S/C17H16F3N5/c18-17(19,20)12-10-22-25(11-12)14-4-1-3-13(9-14)23-15-5-2-7-24-8-6-21-16(15)24/h1,3-4,6,8-11,15,23H,2,5,7H2. The molecular formula is C17H16F3N5. The molecule has 0 radical (unpaired) electrons. The van der Waals surface area contributed by atoms with Crippen LogP contribution in [0, 0.1) is 0 Å². The molecule has 1 atom stereocenters. The molecule has 8 heteroatoms. The van der Waals surface area contributed by atoms with Crippen LogP contribution >= 0.6 is 0 Å². The molecule has 25 heavy (non-hydrogen) atoms. The summed E-state index contributed by atoms with van der Waals surface area (Å²) in [6, 6.07) is 7.28. The summed E-state index contributed by atoms with van der Waals surface area (Å²) < 4.78 is 41.6. The third-order valence-corrected chi connectivity index (χ3v) is 4.31. The zero-order valence-electron chi connectivity index (χ0n) is 13.2. The number of hydrogen-bond acceptors (Lipinski definition) is 3. The van der Waals surface area contributed by atoms with Crippen LogP contribution in [-0.2, 0) is 12.7 Å². The fraction of sp³-hybridized carbons (Fsp3) is 0.294. The van der Waals surface area contributed by atoms with E-state index >= 15 is 0 Å². The van der Waals surface area contributed by atoms with Gasteiger partial charge in [-0.15, -0.1) is 0 Å². The molecule has 4 rings (SSSR count). The lowest BCUT2D eigenvalue weighted by atomic mass is 10.1. The number of hydrogen-bond donors (Lipinski definition) is 1. The van der Waals surface area contributed by atoms with Crippen LogP contribution in [0.15, 0.2) is 49.1 Å². The third kappa shape index (κ3) is 3.11. The van der Waals surface area contributed by atoms with Crippen LogP contribution in [0.25, 0.3) is 5.69 Å². The van der Waals surface area contributed by atoms with E-state index in [1.807, 2.05) is 12.3 Å². The first-order valence-electron chi connectivity index (χ1n) is 8.00. The smallest absolute Gasteiger partial charge is 0.375 e. The number of halogens is 3. The van der Waals surface area contributed by atoms with Gasteiger partial charge in [-0.1, -0.05) is 6.07 Å². The van der Waals surface area contributed by atoms with Crippen molar-refractivity contribution in [2.75, 3.05) is 5.32 Å². The fourth-order valence-electron chi connectivity index (χ4n) is 3.10. The molecule has 0 bridgehead atoms. The summed E-state index contributed by atoms with van der Waals surface area (Å²) in [5.74, 6) is 0.982. The highest BCUT2D eigenvalue weighted by molar-refractivity contribution is 5.52. The van der Waals surface area contributed by atoms with Crippen molar-refractivity contribution in [3.63, 3.8) is 0 Å². The van der Waals surface area contributed by atoms with Crippen LogP contribution in [0.2, 0.25) is 0 Å².